The fraction of sp³-hybridized carbons (Fsp3) is 0.450. The largest absolute Gasteiger partial charge is 0.487 e. The van der Waals surface area contributed by atoms with E-state index in [9.17, 15) is 18.0 Å². The molecule has 0 saturated heterocycles. The highest BCUT2D eigenvalue weighted by Crippen LogP contribution is 2.31. The van der Waals surface area contributed by atoms with Gasteiger partial charge in [-0.3, -0.25) is 9.59 Å². The van der Waals surface area contributed by atoms with Gasteiger partial charge in [-0.15, -0.1) is 10.2 Å². The molecular weight excluding hydrogens is 452 g/mol. The fourth-order valence-corrected chi connectivity index (χ4v) is 3.63. The molecule has 0 radical (unpaired) electrons. The molecule has 1 atom stereocenters. The third kappa shape index (κ3) is 6.35. The van der Waals surface area contributed by atoms with Crippen LogP contribution in [0.2, 0.25) is 0 Å². The van der Waals surface area contributed by atoms with Gasteiger partial charge < -0.3 is 25.4 Å². The Balaban J connectivity index is 2.00. The summed E-state index contributed by atoms with van der Waals surface area (Å²) in [4.78, 5) is 28.6. The maximum absolute atomic E-state index is 12.6. The number of hydrogen-bond donors (Lipinski definition) is 3. The molecule has 33 heavy (non-hydrogen) atoms. The molecule has 0 unspecified atom stereocenters. The second kappa shape index (κ2) is 10.1. The molecule has 2 heterocycles. The number of nitrogens with zero attached hydrogens (tertiary/aromatic N) is 3. The second-order valence-electron chi connectivity index (χ2n) is 7.51. The lowest BCUT2D eigenvalue weighted by Crippen LogP contribution is -2.23. The second-order valence-corrected chi connectivity index (χ2v) is 9.49. The molecule has 178 valence electrons. The third-order valence-corrected chi connectivity index (χ3v) is 5.65. The predicted molar refractivity (Wildman–Crippen MR) is 119 cm³/mol. The van der Waals surface area contributed by atoms with Crippen molar-refractivity contribution < 1.29 is 31.6 Å². The SMILES string of the molecule is [2H]C([2H])([2H])NC(=O)c1nnc(NC(=O)C2CC2)cc1Nc1ncc(O[C@H](C)COC)cc1S(C)(=O)=O. The lowest BCUT2D eigenvalue weighted by molar-refractivity contribution is -0.117. The molecule has 2 aromatic heterocycles. The summed E-state index contributed by atoms with van der Waals surface area (Å²) in [5, 5.41) is 14.6. The molecule has 0 spiro atoms. The number of hydrogen-bond acceptors (Lipinski definition) is 10. The van der Waals surface area contributed by atoms with E-state index in [1.807, 2.05) is 0 Å². The summed E-state index contributed by atoms with van der Waals surface area (Å²) in [7, 11) is -2.35. The van der Waals surface area contributed by atoms with Crippen LogP contribution in [-0.4, -0.2) is 68.5 Å². The van der Waals surface area contributed by atoms with Gasteiger partial charge in [0.2, 0.25) is 5.91 Å². The van der Waals surface area contributed by atoms with Gasteiger partial charge >= 0.3 is 0 Å². The Morgan fingerprint density at radius 2 is 2.06 bits per heavy atom. The highest BCUT2D eigenvalue weighted by Gasteiger charge is 2.30. The van der Waals surface area contributed by atoms with Crippen molar-refractivity contribution in [3.63, 3.8) is 0 Å². The molecule has 12 nitrogen and oxygen atoms in total. The number of nitrogens with one attached hydrogen (secondary N) is 3. The molecule has 0 bridgehead atoms. The molecule has 3 N–H and O–H groups in total. The van der Waals surface area contributed by atoms with E-state index < -0.39 is 28.4 Å². The Morgan fingerprint density at radius 3 is 2.70 bits per heavy atom. The smallest absolute Gasteiger partial charge is 0.273 e. The average molecular weight is 482 g/mol. The summed E-state index contributed by atoms with van der Waals surface area (Å²) in [6, 6.07) is 2.49. The fourth-order valence-electron chi connectivity index (χ4n) is 2.84. The average Bonchev–Trinajstić information content (AvgIpc) is 3.58. The zero-order valence-electron chi connectivity index (χ0n) is 21.2. The number of pyridine rings is 1. The van der Waals surface area contributed by atoms with Gasteiger partial charge in [0.25, 0.3) is 5.91 Å². The van der Waals surface area contributed by atoms with Gasteiger partial charge in [-0.1, -0.05) is 0 Å². The van der Waals surface area contributed by atoms with Crippen LogP contribution in [0.4, 0.5) is 17.3 Å². The van der Waals surface area contributed by atoms with Gasteiger partial charge in [0.1, 0.15) is 22.6 Å². The van der Waals surface area contributed by atoms with E-state index in [4.69, 9.17) is 13.6 Å². The topological polar surface area (TPSA) is 162 Å². The van der Waals surface area contributed by atoms with Crippen LogP contribution in [0.1, 0.15) is 34.4 Å². The minimum Gasteiger partial charge on any atom is -0.487 e. The first-order valence-corrected chi connectivity index (χ1v) is 11.8. The van der Waals surface area contributed by atoms with E-state index >= 15 is 0 Å². The summed E-state index contributed by atoms with van der Waals surface area (Å²) in [6.07, 6.45) is 3.33. The van der Waals surface area contributed by atoms with E-state index in [0.717, 1.165) is 19.1 Å². The lowest BCUT2D eigenvalue weighted by Gasteiger charge is -2.17. The number of anilines is 3. The minimum atomic E-state index is -3.85. The molecule has 3 rings (SSSR count). The monoisotopic (exact) mass is 481 g/mol. The standard InChI is InChI=1S/C20H26N6O6S/c1-11(10-31-3)32-13-7-15(33(4,29)30)18(22-9-13)23-14-8-16(24-19(27)12-5-6-12)25-26-17(14)20(28)21-2/h7-9,11-12H,5-6,10H2,1-4H3,(H,21,28)(H2,22,23,24,25,27)/t11-/m1/s1/i2D3. The molecule has 13 heteroatoms. The van der Waals surface area contributed by atoms with Crippen molar-refractivity contribution in [1.29, 1.82) is 0 Å². The number of methoxy groups -OCH3 is 1. The molecule has 1 fully saturated rings. The Morgan fingerprint density at radius 1 is 1.30 bits per heavy atom. The summed E-state index contributed by atoms with van der Waals surface area (Å²) < 4.78 is 57.5. The van der Waals surface area contributed by atoms with Gasteiger partial charge in [0.05, 0.1) is 18.5 Å². The molecule has 1 aliphatic rings. The first kappa shape index (κ1) is 20.3. The molecule has 2 aromatic rings. The third-order valence-electron chi connectivity index (χ3n) is 4.54. The van der Waals surface area contributed by atoms with Crippen molar-refractivity contribution in [2.24, 2.45) is 5.92 Å². The minimum absolute atomic E-state index is 0.0194. The van der Waals surface area contributed by atoms with Crippen LogP contribution in [0.5, 0.6) is 5.75 Å². The highest BCUT2D eigenvalue weighted by atomic mass is 32.2. The zero-order chi connectivity index (χ0) is 26.7. The van der Waals surface area contributed by atoms with Crippen LogP contribution in [0.25, 0.3) is 0 Å². The first-order valence-electron chi connectivity index (χ1n) is 11.4. The van der Waals surface area contributed by atoms with Gasteiger partial charge in [-0.05, 0) is 19.8 Å². The maximum atomic E-state index is 12.6. The van der Waals surface area contributed by atoms with E-state index in [1.54, 1.807) is 12.2 Å². The van der Waals surface area contributed by atoms with Crippen LogP contribution in [-0.2, 0) is 19.4 Å². The first-order chi connectivity index (χ1) is 16.8. The van der Waals surface area contributed by atoms with Crippen LogP contribution < -0.4 is 20.7 Å². The Labute approximate surface area is 195 Å². The molecule has 0 aliphatic heterocycles. The predicted octanol–water partition coefficient (Wildman–Crippen LogP) is 1.14. The van der Waals surface area contributed by atoms with Gasteiger partial charge in [-0.25, -0.2) is 13.4 Å². The van der Waals surface area contributed by atoms with Crippen molar-refractivity contribution in [3.05, 3.63) is 24.0 Å². The van der Waals surface area contributed by atoms with Crippen molar-refractivity contribution in [2.75, 3.05) is 37.6 Å². The molecule has 0 aromatic carbocycles. The number of sulfone groups is 1. The van der Waals surface area contributed by atoms with Crippen LogP contribution >= 0.6 is 0 Å². The Bertz CT molecular complexity index is 1250. The molecule has 1 aliphatic carbocycles. The van der Waals surface area contributed by atoms with Crippen LogP contribution in [0, 0.1) is 5.92 Å². The number of carbonyl (C=O) groups excluding carboxylic acids is 2. The highest BCUT2D eigenvalue weighted by molar-refractivity contribution is 7.90. The number of rotatable bonds is 10. The number of amides is 2. The number of aromatic nitrogens is 3. The zero-order valence-corrected chi connectivity index (χ0v) is 19.0. The Hall–Kier alpha value is -3.32. The van der Waals surface area contributed by atoms with Crippen LogP contribution in [0.15, 0.2) is 23.2 Å². The normalized spacial score (nSPS) is 16.0. The summed E-state index contributed by atoms with van der Waals surface area (Å²) in [5.74, 6) is -1.56. The maximum Gasteiger partial charge on any atom is 0.273 e. The van der Waals surface area contributed by atoms with Crippen molar-refractivity contribution >= 4 is 39.0 Å². The quantitative estimate of drug-likeness (QED) is 0.449. The van der Waals surface area contributed by atoms with E-state index in [2.05, 4.69) is 25.8 Å². The molecule has 2 amide bonds. The van der Waals surface area contributed by atoms with E-state index in [0.29, 0.717) is 0 Å². The van der Waals surface area contributed by atoms with Crippen molar-refractivity contribution in [2.45, 2.75) is 30.8 Å². The van der Waals surface area contributed by atoms with E-state index in [1.165, 1.54) is 25.4 Å². The Kier molecular flexibility index (Phi) is 6.20. The van der Waals surface area contributed by atoms with Crippen LogP contribution in [0.3, 0.4) is 0 Å². The number of carbonyl (C=O) groups is 2. The van der Waals surface area contributed by atoms with Gasteiger partial charge in [-0.2, -0.15) is 0 Å². The summed E-state index contributed by atoms with van der Waals surface area (Å²) in [6.45, 7) is -0.830. The lowest BCUT2D eigenvalue weighted by atomic mass is 10.2. The van der Waals surface area contributed by atoms with Crippen molar-refractivity contribution in [1.82, 2.24) is 20.5 Å². The van der Waals surface area contributed by atoms with E-state index in [-0.39, 0.29) is 52.5 Å². The number of ether oxygens (including phenoxy) is 2. The molecule has 1 saturated carbocycles. The summed E-state index contributed by atoms with van der Waals surface area (Å²) >= 11 is 0. The van der Waals surface area contributed by atoms with Gasteiger partial charge in [0.15, 0.2) is 21.3 Å². The van der Waals surface area contributed by atoms with Crippen molar-refractivity contribution in [3.8, 4) is 5.75 Å². The van der Waals surface area contributed by atoms with Gasteiger partial charge in [0, 0.05) is 42.5 Å². The summed E-state index contributed by atoms with van der Waals surface area (Å²) in [5.41, 5.74) is -0.581. The molecular formula is C20H26N6O6S.